The number of alkyl halides is 1. The Balaban J connectivity index is 2.70. The Kier molecular flexibility index (Phi) is 5.65. The van der Waals surface area contributed by atoms with Crippen molar-refractivity contribution in [2.24, 2.45) is 0 Å². The van der Waals surface area contributed by atoms with Crippen molar-refractivity contribution in [3.05, 3.63) is 11.6 Å². The molecule has 116 valence electrons. The first-order valence-corrected chi connectivity index (χ1v) is 7.18. The fourth-order valence-electron chi connectivity index (χ4n) is 2.36. The van der Waals surface area contributed by atoms with Gasteiger partial charge >= 0.3 is 5.97 Å². The SMILES string of the molecule is CC(C)(C)OC(=O)/C=C1/CCCC(F)(C(=O)CC#N)CC1. The van der Waals surface area contributed by atoms with Crippen LogP contribution in [0.1, 0.15) is 59.3 Å². The molecule has 0 bridgehead atoms. The van der Waals surface area contributed by atoms with Crippen molar-refractivity contribution in [2.75, 3.05) is 0 Å². The predicted octanol–water partition coefficient (Wildman–Crippen LogP) is 3.41. The number of esters is 1. The molecule has 5 heteroatoms. The first kappa shape index (κ1) is 17.4. The smallest absolute Gasteiger partial charge is 0.331 e. The summed E-state index contributed by atoms with van der Waals surface area (Å²) in [5, 5.41) is 8.52. The molecule has 4 nitrogen and oxygen atoms in total. The molecule has 1 saturated carbocycles. The van der Waals surface area contributed by atoms with Crippen LogP contribution in [0, 0.1) is 11.3 Å². The largest absolute Gasteiger partial charge is 0.457 e. The Bertz CT molecular complexity index is 485. The molecule has 0 heterocycles. The number of hydrogen-bond acceptors (Lipinski definition) is 4. The molecule has 1 aliphatic rings. The highest BCUT2D eigenvalue weighted by Gasteiger charge is 2.38. The van der Waals surface area contributed by atoms with E-state index in [-0.39, 0.29) is 12.8 Å². The van der Waals surface area contributed by atoms with Crippen LogP contribution in [0.15, 0.2) is 11.6 Å². The zero-order valence-corrected chi connectivity index (χ0v) is 12.9. The van der Waals surface area contributed by atoms with Gasteiger partial charge in [-0.1, -0.05) is 5.57 Å². The Morgan fingerprint density at radius 1 is 1.38 bits per heavy atom. The van der Waals surface area contributed by atoms with Crippen LogP contribution in [-0.2, 0) is 14.3 Å². The molecule has 0 aromatic rings. The molecular weight excluding hydrogens is 273 g/mol. The second-order valence-corrected chi connectivity index (χ2v) is 6.41. The lowest BCUT2D eigenvalue weighted by molar-refractivity contribution is -0.148. The van der Waals surface area contributed by atoms with Gasteiger partial charge in [-0.05, 0) is 52.9 Å². The van der Waals surface area contributed by atoms with Gasteiger partial charge < -0.3 is 4.74 Å². The fourth-order valence-corrected chi connectivity index (χ4v) is 2.36. The van der Waals surface area contributed by atoms with Crippen LogP contribution in [0.2, 0.25) is 0 Å². The summed E-state index contributed by atoms with van der Waals surface area (Å²) in [6, 6.07) is 1.70. The van der Waals surface area contributed by atoms with E-state index in [2.05, 4.69) is 0 Å². The minimum atomic E-state index is -1.93. The van der Waals surface area contributed by atoms with Gasteiger partial charge in [-0.15, -0.1) is 0 Å². The summed E-state index contributed by atoms with van der Waals surface area (Å²) < 4.78 is 19.8. The van der Waals surface area contributed by atoms with E-state index in [4.69, 9.17) is 10.00 Å². The molecule has 1 unspecified atom stereocenters. The van der Waals surface area contributed by atoms with Crippen molar-refractivity contribution in [1.82, 2.24) is 0 Å². The molecule has 0 saturated heterocycles. The van der Waals surface area contributed by atoms with Gasteiger partial charge in [-0.3, -0.25) is 4.79 Å². The van der Waals surface area contributed by atoms with Crippen LogP contribution in [-0.4, -0.2) is 23.0 Å². The Labute approximate surface area is 125 Å². The van der Waals surface area contributed by atoms with E-state index in [0.29, 0.717) is 19.3 Å². The second-order valence-electron chi connectivity index (χ2n) is 6.41. The van der Waals surface area contributed by atoms with Crippen LogP contribution >= 0.6 is 0 Å². The summed E-state index contributed by atoms with van der Waals surface area (Å²) in [7, 11) is 0. The molecule has 0 aromatic carbocycles. The van der Waals surface area contributed by atoms with Crippen molar-refractivity contribution in [3.63, 3.8) is 0 Å². The van der Waals surface area contributed by atoms with Crippen LogP contribution in [0.3, 0.4) is 0 Å². The number of halogens is 1. The molecule has 0 aliphatic heterocycles. The lowest BCUT2D eigenvalue weighted by atomic mass is 9.90. The first-order chi connectivity index (χ1) is 9.66. The average Bonchev–Trinajstić information content (AvgIpc) is 2.51. The number of nitriles is 1. The number of hydrogen-bond donors (Lipinski definition) is 0. The number of Topliss-reactive ketones (excluding diaryl/α,β-unsaturated/α-hetero) is 1. The van der Waals surface area contributed by atoms with Crippen molar-refractivity contribution >= 4 is 11.8 Å². The number of rotatable bonds is 3. The number of ether oxygens (including phenoxy) is 1. The monoisotopic (exact) mass is 295 g/mol. The Morgan fingerprint density at radius 3 is 2.62 bits per heavy atom. The maximum absolute atomic E-state index is 14.6. The van der Waals surface area contributed by atoms with Crippen LogP contribution in [0.25, 0.3) is 0 Å². The molecule has 0 spiro atoms. The van der Waals surface area contributed by atoms with E-state index in [9.17, 15) is 14.0 Å². The normalized spacial score (nSPS) is 25.0. The molecule has 1 rings (SSSR count). The molecule has 0 amide bonds. The average molecular weight is 295 g/mol. The third kappa shape index (κ3) is 5.66. The number of carbonyl (C=O) groups excluding carboxylic acids is 2. The summed E-state index contributed by atoms with van der Waals surface area (Å²) >= 11 is 0. The van der Waals surface area contributed by atoms with Gasteiger partial charge in [-0.2, -0.15) is 5.26 Å². The van der Waals surface area contributed by atoms with Gasteiger partial charge in [-0.25, -0.2) is 9.18 Å². The van der Waals surface area contributed by atoms with Crippen molar-refractivity contribution in [1.29, 1.82) is 5.26 Å². The molecule has 1 atom stereocenters. The lowest BCUT2D eigenvalue weighted by Gasteiger charge is -2.20. The van der Waals surface area contributed by atoms with E-state index in [0.717, 1.165) is 5.57 Å². The van der Waals surface area contributed by atoms with E-state index >= 15 is 0 Å². The van der Waals surface area contributed by atoms with Gasteiger partial charge in [0.05, 0.1) is 12.5 Å². The van der Waals surface area contributed by atoms with Gasteiger partial charge in [0.25, 0.3) is 0 Å². The van der Waals surface area contributed by atoms with Crippen LogP contribution in [0.5, 0.6) is 0 Å². The zero-order chi connectivity index (χ0) is 16.1. The maximum atomic E-state index is 14.6. The first-order valence-electron chi connectivity index (χ1n) is 7.18. The maximum Gasteiger partial charge on any atom is 0.331 e. The summed E-state index contributed by atoms with van der Waals surface area (Å²) in [5.74, 6) is -1.09. The predicted molar refractivity (Wildman–Crippen MR) is 76.1 cm³/mol. The molecule has 1 aliphatic carbocycles. The van der Waals surface area contributed by atoms with Gasteiger partial charge in [0.15, 0.2) is 11.5 Å². The van der Waals surface area contributed by atoms with E-state index in [1.807, 2.05) is 0 Å². The third-order valence-electron chi connectivity index (χ3n) is 3.38. The minimum absolute atomic E-state index is 0.0299. The molecule has 21 heavy (non-hydrogen) atoms. The summed E-state index contributed by atoms with van der Waals surface area (Å²) in [6.45, 7) is 5.34. The highest BCUT2D eigenvalue weighted by atomic mass is 19.1. The van der Waals surface area contributed by atoms with Crippen molar-refractivity contribution < 1.29 is 18.7 Å². The summed E-state index contributed by atoms with van der Waals surface area (Å²) in [4.78, 5) is 23.4. The van der Waals surface area contributed by atoms with Gasteiger partial charge in [0, 0.05) is 6.08 Å². The van der Waals surface area contributed by atoms with Crippen molar-refractivity contribution in [3.8, 4) is 6.07 Å². The molecule has 0 radical (unpaired) electrons. The number of ketones is 1. The van der Waals surface area contributed by atoms with E-state index < -0.39 is 29.4 Å². The van der Waals surface area contributed by atoms with Crippen molar-refractivity contribution in [2.45, 2.75) is 70.6 Å². The lowest BCUT2D eigenvalue weighted by Crippen LogP contribution is -2.32. The highest BCUT2D eigenvalue weighted by Crippen LogP contribution is 2.34. The molecule has 1 fully saturated rings. The van der Waals surface area contributed by atoms with Crippen LogP contribution < -0.4 is 0 Å². The van der Waals surface area contributed by atoms with Gasteiger partial charge in [0.1, 0.15) is 5.60 Å². The molecule has 0 aromatic heterocycles. The van der Waals surface area contributed by atoms with Gasteiger partial charge in [0.2, 0.25) is 0 Å². The molecular formula is C16H22FNO3. The third-order valence-corrected chi connectivity index (χ3v) is 3.38. The number of allylic oxidation sites excluding steroid dienone is 1. The Hall–Kier alpha value is -1.70. The summed E-state index contributed by atoms with van der Waals surface area (Å²) in [5.41, 5.74) is -1.70. The topological polar surface area (TPSA) is 67.2 Å². The van der Waals surface area contributed by atoms with Crippen LogP contribution in [0.4, 0.5) is 4.39 Å². The quantitative estimate of drug-likeness (QED) is 0.454. The standard InChI is InChI=1S/C16H22FNO3/c1-15(2,3)21-14(20)11-12-5-4-8-16(17,9-6-12)13(19)7-10-18/h11H,4-9H2,1-3H3/b12-11-. The van der Waals surface area contributed by atoms with E-state index in [1.54, 1.807) is 26.8 Å². The highest BCUT2D eigenvalue weighted by molar-refractivity contribution is 5.89. The number of carbonyl (C=O) groups is 2. The second kappa shape index (κ2) is 6.84. The Morgan fingerprint density at radius 2 is 2.05 bits per heavy atom. The summed E-state index contributed by atoms with van der Waals surface area (Å²) in [6.07, 6.45) is 2.55. The van der Waals surface area contributed by atoms with E-state index in [1.165, 1.54) is 6.08 Å². The minimum Gasteiger partial charge on any atom is -0.457 e. The molecule has 0 N–H and O–H groups in total. The number of nitrogens with zero attached hydrogens (tertiary/aromatic N) is 1. The zero-order valence-electron chi connectivity index (χ0n) is 12.9. The fraction of sp³-hybridized carbons (Fsp3) is 0.688.